The van der Waals surface area contributed by atoms with Gasteiger partial charge in [-0.05, 0) is 19.3 Å². The van der Waals surface area contributed by atoms with Crippen molar-refractivity contribution in [2.75, 3.05) is 26.4 Å². The molecule has 17 unspecified atom stereocenters. The standard InChI is InChI=1S/C66H125NO18/c1-3-5-7-9-11-13-15-17-19-20-21-22-23-24-25-26-27-28-30-32-34-36-38-40-42-44-54(72)67-49(50(71)43-41-39-37-35-33-31-29-18-16-14-12-10-8-6-4-2)48-80-64-60(78)57(75)62(52(46-69)82-64)85-66-61(79)58(76)63(53(47-70)83-66)84-65-59(77)56(74)55(73)51(45-68)81-65/h41,43,49-53,55-66,68-71,73-79H,3-40,42,44-48H2,1-2H3,(H,67,72)/b43-41+. The van der Waals surface area contributed by atoms with Gasteiger partial charge < -0.3 is 89.9 Å². The Morgan fingerprint density at radius 1 is 0.412 bits per heavy atom. The molecule has 3 aliphatic heterocycles. The molecule has 3 aliphatic rings. The van der Waals surface area contributed by atoms with Gasteiger partial charge in [0.1, 0.15) is 73.2 Å². The van der Waals surface area contributed by atoms with Crippen LogP contribution in [0.25, 0.3) is 0 Å². The summed E-state index contributed by atoms with van der Waals surface area (Å²) in [5.74, 6) is -0.270. The molecule has 85 heavy (non-hydrogen) atoms. The van der Waals surface area contributed by atoms with Gasteiger partial charge in [-0.15, -0.1) is 0 Å². The molecular weight excluding hydrogens is 1090 g/mol. The van der Waals surface area contributed by atoms with Crippen LogP contribution in [0, 0.1) is 0 Å². The van der Waals surface area contributed by atoms with E-state index in [9.17, 15) is 61.0 Å². The highest BCUT2D eigenvalue weighted by Gasteiger charge is 2.53. The minimum absolute atomic E-state index is 0.250. The fraction of sp³-hybridized carbons (Fsp3) is 0.955. The van der Waals surface area contributed by atoms with E-state index in [2.05, 4.69) is 19.2 Å². The van der Waals surface area contributed by atoms with E-state index in [1.54, 1.807) is 6.08 Å². The van der Waals surface area contributed by atoms with Gasteiger partial charge in [0.2, 0.25) is 5.91 Å². The summed E-state index contributed by atoms with van der Waals surface area (Å²) in [5, 5.41) is 120. The van der Waals surface area contributed by atoms with Gasteiger partial charge in [0.15, 0.2) is 18.9 Å². The lowest BCUT2D eigenvalue weighted by Gasteiger charge is -2.48. The highest BCUT2D eigenvalue weighted by atomic mass is 16.8. The van der Waals surface area contributed by atoms with Crippen molar-refractivity contribution in [3.8, 4) is 0 Å². The molecule has 0 aliphatic carbocycles. The molecule has 17 atom stereocenters. The molecule has 0 aromatic rings. The first-order chi connectivity index (χ1) is 41.3. The summed E-state index contributed by atoms with van der Waals surface area (Å²) in [5.41, 5.74) is 0. The van der Waals surface area contributed by atoms with Crippen LogP contribution in [0.3, 0.4) is 0 Å². The maximum Gasteiger partial charge on any atom is 0.220 e. The third kappa shape index (κ3) is 31.9. The van der Waals surface area contributed by atoms with Crippen LogP contribution in [0.4, 0.5) is 0 Å². The van der Waals surface area contributed by atoms with Gasteiger partial charge in [-0.2, -0.15) is 0 Å². The number of unbranched alkanes of at least 4 members (excludes halogenated alkanes) is 37. The van der Waals surface area contributed by atoms with E-state index in [-0.39, 0.29) is 18.9 Å². The lowest BCUT2D eigenvalue weighted by atomic mass is 9.96. The summed E-state index contributed by atoms with van der Waals surface area (Å²) >= 11 is 0. The van der Waals surface area contributed by atoms with Crippen LogP contribution >= 0.6 is 0 Å². The summed E-state index contributed by atoms with van der Waals surface area (Å²) in [7, 11) is 0. The molecule has 0 bridgehead atoms. The third-order valence-electron chi connectivity index (χ3n) is 17.6. The monoisotopic (exact) mass is 1220 g/mol. The summed E-state index contributed by atoms with van der Waals surface area (Å²) in [6.45, 7) is 1.76. The molecule has 0 radical (unpaired) electrons. The first-order valence-electron chi connectivity index (χ1n) is 34.4. The number of nitrogens with one attached hydrogen (secondary N) is 1. The first-order valence-corrected chi connectivity index (χ1v) is 34.4. The number of carbonyl (C=O) groups is 1. The van der Waals surface area contributed by atoms with Gasteiger partial charge in [0.05, 0.1) is 38.6 Å². The highest BCUT2D eigenvalue weighted by molar-refractivity contribution is 5.76. The lowest BCUT2D eigenvalue weighted by Crippen LogP contribution is -2.66. The smallest absolute Gasteiger partial charge is 0.220 e. The molecule has 3 heterocycles. The number of aliphatic hydroxyl groups excluding tert-OH is 11. The molecule has 0 aromatic carbocycles. The topological polar surface area (TPSA) is 307 Å². The second-order valence-electron chi connectivity index (χ2n) is 25.0. The van der Waals surface area contributed by atoms with Crippen molar-refractivity contribution in [1.82, 2.24) is 5.32 Å². The van der Waals surface area contributed by atoms with Gasteiger partial charge in [0.25, 0.3) is 0 Å². The molecule has 19 nitrogen and oxygen atoms in total. The van der Waals surface area contributed by atoms with E-state index >= 15 is 0 Å². The number of rotatable bonds is 53. The summed E-state index contributed by atoms with van der Waals surface area (Å²) in [4.78, 5) is 13.4. The molecule has 0 spiro atoms. The van der Waals surface area contributed by atoms with Crippen molar-refractivity contribution in [1.29, 1.82) is 0 Å². The van der Waals surface area contributed by atoms with Gasteiger partial charge in [-0.25, -0.2) is 0 Å². The number of aliphatic hydroxyl groups is 11. The van der Waals surface area contributed by atoms with Crippen molar-refractivity contribution < 1.29 is 89.4 Å². The zero-order chi connectivity index (χ0) is 61.9. The molecule has 12 N–H and O–H groups in total. The third-order valence-corrected chi connectivity index (χ3v) is 17.6. The molecule has 3 fully saturated rings. The average molecular weight is 1220 g/mol. The van der Waals surface area contributed by atoms with E-state index in [1.165, 1.54) is 199 Å². The average Bonchev–Trinajstić information content (AvgIpc) is 3.08. The molecule has 1 amide bonds. The fourth-order valence-electron chi connectivity index (χ4n) is 12.0. The van der Waals surface area contributed by atoms with E-state index in [4.69, 9.17) is 28.4 Å². The number of hydrogen-bond donors (Lipinski definition) is 12. The minimum Gasteiger partial charge on any atom is -0.394 e. The van der Waals surface area contributed by atoms with Gasteiger partial charge in [0, 0.05) is 6.42 Å². The Balaban J connectivity index is 1.42. The largest absolute Gasteiger partial charge is 0.394 e. The van der Waals surface area contributed by atoms with Crippen LogP contribution in [0.1, 0.15) is 271 Å². The Bertz CT molecular complexity index is 1600. The van der Waals surface area contributed by atoms with Gasteiger partial charge in [-0.3, -0.25) is 4.79 Å². The number of carbonyl (C=O) groups excluding carboxylic acids is 1. The second-order valence-corrected chi connectivity index (χ2v) is 25.0. The molecule has 3 saturated heterocycles. The van der Waals surface area contributed by atoms with Crippen LogP contribution < -0.4 is 5.32 Å². The van der Waals surface area contributed by atoms with Crippen molar-refractivity contribution in [2.45, 2.75) is 375 Å². The summed E-state index contributed by atoms with van der Waals surface area (Å²) in [6.07, 6.45) is 26.2. The van der Waals surface area contributed by atoms with E-state index in [1.807, 2.05) is 6.08 Å². The zero-order valence-electron chi connectivity index (χ0n) is 52.9. The van der Waals surface area contributed by atoms with Crippen molar-refractivity contribution in [3.05, 3.63) is 12.2 Å². The van der Waals surface area contributed by atoms with Gasteiger partial charge in [-0.1, -0.05) is 257 Å². The number of ether oxygens (including phenoxy) is 6. The molecule has 3 rings (SSSR count). The Morgan fingerprint density at radius 3 is 1.11 bits per heavy atom. The van der Waals surface area contributed by atoms with E-state index in [0.29, 0.717) is 6.42 Å². The number of allylic oxidation sites excluding steroid dienone is 1. The molecular formula is C66H125NO18. The Labute approximate surface area is 512 Å². The zero-order valence-corrected chi connectivity index (χ0v) is 52.9. The van der Waals surface area contributed by atoms with E-state index < -0.39 is 124 Å². The Hall–Kier alpha value is -1.47. The Kier molecular flexibility index (Phi) is 45.1. The van der Waals surface area contributed by atoms with Crippen LogP contribution in [-0.2, 0) is 33.2 Å². The fourth-order valence-corrected chi connectivity index (χ4v) is 12.0. The number of hydrogen-bond acceptors (Lipinski definition) is 18. The van der Waals surface area contributed by atoms with Crippen LogP contribution in [0.2, 0.25) is 0 Å². The Morgan fingerprint density at radius 2 is 0.729 bits per heavy atom. The van der Waals surface area contributed by atoms with Crippen molar-refractivity contribution in [3.63, 3.8) is 0 Å². The minimum atomic E-state index is -1.98. The maximum absolute atomic E-state index is 13.4. The first kappa shape index (κ1) is 77.8. The molecule has 502 valence electrons. The van der Waals surface area contributed by atoms with Crippen LogP contribution in [0.15, 0.2) is 12.2 Å². The van der Waals surface area contributed by atoms with Crippen molar-refractivity contribution >= 4 is 5.91 Å². The van der Waals surface area contributed by atoms with Crippen LogP contribution in [-0.4, -0.2) is 193 Å². The molecule has 0 saturated carbocycles. The molecule has 0 aromatic heterocycles. The summed E-state index contributed by atoms with van der Waals surface area (Å²) in [6, 6.07) is -0.968. The molecule has 19 heteroatoms. The normalized spacial score (nSPS) is 29.0. The summed E-state index contributed by atoms with van der Waals surface area (Å²) < 4.78 is 34.3. The van der Waals surface area contributed by atoms with Crippen LogP contribution in [0.5, 0.6) is 0 Å². The predicted molar refractivity (Wildman–Crippen MR) is 328 cm³/mol. The quantitative estimate of drug-likeness (QED) is 0.0201. The predicted octanol–water partition coefficient (Wildman–Crippen LogP) is 8.50. The van der Waals surface area contributed by atoms with Gasteiger partial charge >= 0.3 is 0 Å². The van der Waals surface area contributed by atoms with E-state index in [0.717, 1.165) is 44.9 Å². The SMILES string of the molecule is CCCCCCCCCCCCCCC/C=C/C(O)C(COC1OC(CO)C(OC2OC(CO)C(OC3OC(CO)C(O)C(O)C3O)C(O)C2O)C(O)C1O)NC(=O)CCCCCCCCCCCCCCCCCCCCCCCCCCC. The highest BCUT2D eigenvalue weighted by Crippen LogP contribution is 2.33. The lowest BCUT2D eigenvalue weighted by molar-refractivity contribution is -0.379. The second kappa shape index (κ2) is 49.3. The van der Waals surface area contributed by atoms with Crippen molar-refractivity contribution in [2.24, 2.45) is 0 Å². The number of amides is 1. The maximum atomic E-state index is 13.4.